The smallest absolute Gasteiger partial charge is 0.309 e. The van der Waals surface area contributed by atoms with E-state index in [-0.39, 0.29) is 5.11 Å². The number of hydrazone groups is 1. The zero-order valence-electron chi connectivity index (χ0n) is 10.4. The zero-order chi connectivity index (χ0) is 14.8. The predicted molar refractivity (Wildman–Crippen MR) is 79.2 cm³/mol. The van der Waals surface area contributed by atoms with Gasteiger partial charge in [0.05, 0.1) is 0 Å². The van der Waals surface area contributed by atoms with Gasteiger partial charge < -0.3 is 5.32 Å². The lowest BCUT2D eigenvalue weighted by atomic mass is 10.3. The Balaban J connectivity index is 2.04. The topological polar surface area (TPSA) is 106 Å². The van der Waals surface area contributed by atoms with Gasteiger partial charge in [0.1, 0.15) is 5.84 Å². The highest BCUT2D eigenvalue weighted by Crippen LogP contribution is 2.09. The van der Waals surface area contributed by atoms with Gasteiger partial charge in [-0.2, -0.15) is 13.5 Å². The zero-order valence-corrected chi connectivity index (χ0v) is 12.1. The Hall–Kier alpha value is -1.91. The van der Waals surface area contributed by atoms with Gasteiger partial charge in [0, 0.05) is 5.69 Å². The van der Waals surface area contributed by atoms with Gasteiger partial charge in [-0.05, 0) is 31.3 Å². The number of nitrogens with one attached hydrogen (secondary N) is 3. The van der Waals surface area contributed by atoms with E-state index in [2.05, 4.69) is 21.3 Å². The summed E-state index contributed by atoms with van der Waals surface area (Å²) in [5.74, 6) is 0.324. The summed E-state index contributed by atoms with van der Waals surface area (Å²) in [5.41, 5.74) is 4.27. The Morgan fingerprint density at radius 2 is 2.10 bits per heavy atom. The Labute approximate surface area is 121 Å². The number of para-hydroxylation sites is 1. The van der Waals surface area contributed by atoms with Crippen molar-refractivity contribution in [1.29, 1.82) is 0 Å². The van der Waals surface area contributed by atoms with Crippen molar-refractivity contribution < 1.29 is 13.0 Å². The van der Waals surface area contributed by atoms with E-state index in [9.17, 15) is 8.42 Å². The second kappa shape index (κ2) is 5.61. The lowest BCUT2D eigenvalue weighted by Crippen LogP contribution is -2.55. The highest BCUT2D eigenvalue weighted by Gasteiger charge is 2.35. The van der Waals surface area contributed by atoms with Crippen LogP contribution in [0.3, 0.4) is 0 Å². The second-order valence-corrected chi connectivity index (χ2v) is 5.84. The van der Waals surface area contributed by atoms with E-state index >= 15 is 0 Å². The molecule has 0 aromatic heterocycles. The largest absolute Gasteiger partial charge is 0.331 e. The molecule has 1 aromatic rings. The molecule has 1 heterocycles. The van der Waals surface area contributed by atoms with Crippen LogP contribution in [0.1, 0.15) is 6.92 Å². The number of amidine groups is 1. The van der Waals surface area contributed by atoms with Crippen molar-refractivity contribution in [2.75, 3.05) is 5.32 Å². The van der Waals surface area contributed by atoms with Crippen molar-refractivity contribution in [3.8, 4) is 0 Å². The molecule has 2 rings (SSSR count). The number of benzene rings is 1. The molecule has 1 atom stereocenters. The maximum absolute atomic E-state index is 11.2. The molecule has 0 aliphatic carbocycles. The maximum atomic E-state index is 11.2. The first-order chi connectivity index (χ1) is 9.38. The van der Waals surface area contributed by atoms with Gasteiger partial charge in [-0.25, -0.2) is 5.01 Å². The monoisotopic (exact) mass is 315 g/mol. The van der Waals surface area contributed by atoms with E-state index in [1.807, 2.05) is 18.2 Å². The van der Waals surface area contributed by atoms with Crippen molar-refractivity contribution in [1.82, 2.24) is 15.9 Å². The lowest BCUT2D eigenvalue weighted by Gasteiger charge is -2.25. The molecule has 0 fully saturated rings. The molecule has 0 amide bonds. The third-order valence-corrected chi connectivity index (χ3v) is 3.53. The van der Waals surface area contributed by atoms with E-state index in [4.69, 9.17) is 16.8 Å². The first kappa shape index (κ1) is 14.5. The van der Waals surface area contributed by atoms with Crippen LogP contribution in [0.25, 0.3) is 0 Å². The van der Waals surface area contributed by atoms with Gasteiger partial charge in [-0.15, -0.1) is 0 Å². The standard InChI is InChI=1S/C10H13N5O3S2/c1-7-12-13-10(20(16,17)18)15(7)14-9(19)11-8-5-3-2-4-6-8/h2-6,10,13H,1H3,(H2,11,14,19)(H,16,17,18). The number of nitrogens with zero attached hydrogens (tertiary/aromatic N) is 2. The summed E-state index contributed by atoms with van der Waals surface area (Å²) in [6.07, 6.45) is 0. The molecule has 0 bridgehead atoms. The van der Waals surface area contributed by atoms with Gasteiger partial charge in [-0.1, -0.05) is 18.2 Å². The van der Waals surface area contributed by atoms with Crippen molar-refractivity contribution in [2.24, 2.45) is 5.10 Å². The molecule has 0 radical (unpaired) electrons. The highest BCUT2D eigenvalue weighted by atomic mass is 32.2. The fourth-order valence-corrected chi connectivity index (χ4v) is 2.43. The third-order valence-electron chi connectivity index (χ3n) is 2.46. The van der Waals surface area contributed by atoms with Gasteiger partial charge in [0.25, 0.3) is 5.50 Å². The fourth-order valence-electron chi connectivity index (χ4n) is 1.56. The van der Waals surface area contributed by atoms with Gasteiger partial charge in [0.15, 0.2) is 5.11 Å². The molecule has 0 spiro atoms. The Kier molecular flexibility index (Phi) is 4.06. The Bertz CT molecular complexity index is 632. The van der Waals surface area contributed by atoms with Gasteiger partial charge in [0.2, 0.25) is 0 Å². The molecule has 0 saturated carbocycles. The van der Waals surface area contributed by atoms with Crippen LogP contribution in [0.4, 0.5) is 5.69 Å². The molecular weight excluding hydrogens is 302 g/mol. The Morgan fingerprint density at radius 3 is 2.70 bits per heavy atom. The molecule has 1 unspecified atom stereocenters. The fraction of sp³-hybridized carbons (Fsp3) is 0.200. The molecular formula is C10H13N5O3S2. The van der Waals surface area contributed by atoms with E-state index in [0.29, 0.717) is 5.84 Å². The van der Waals surface area contributed by atoms with Crippen molar-refractivity contribution in [3.05, 3.63) is 30.3 Å². The van der Waals surface area contributed by atoms with Crippen LogP contribution in [-0.4, -0.2) is 34.4 Å². The quantitative estimate of drug-likeness (QED) is 0.466. The first-order valence-electron chi connectivity index (χ1n) is 5.56. The van der Waals surface area contributed by atoms with Crippen LogP contribution in [0.2, 0.25) is 0 Å². The SMILES string of the molecule is CC1=NNC(S(=O)(=O)O)N1NC(=S)Nc1ccccc1. The summed E-state index contributed by atoms with van der Waals surface area (Å²) in [7, 11) is -4.35. The minimum atomic E-state index is -4.35. The van der Waals surface area contributed by atoms with E-state index in [0.717, 1.165) is 10.7 Å². The Morgan fingerprint density at radius 1 is 1.45 bits per heavy atom. The van der Waals surface area contributed by atoms with Crippen LogP contribution >= 0.6 is 12.2 Å². The van der Waals surface area contributed by atoms with Gasteiger partial charge >= 0.3 is 10.1 Å². The van der Waals surface area contributed by atoms with E-state index in [1.54, 1.807) is 19.1 Å². The van der Waals surface area contributed by atoms with Crippen LogP contribution in [0.5, 0.6) is 0 Å². The number of hydrazine groups is 1. The normalized spacial score (nSPS) is 18.2. The molecule has 108 valence electrons. The number of rotatable bonds is 3. The summed E-state index contributed by atoms with van der Waals surface area (Å²) in [6.45, 7) is 1.57. The molecule has 1 aliphatic heterocycles. The van der Waals surface area contributed by atoms with E-state index in [1.165, 1.54) is 0 Å². The van der Waals surface area contributed by atoms with Crippen LogP contribution in [0.15, 0.2) is 35.4 Å². The minimum Gasteiger partial charge on any atom is -0.331 e. The predicted octanol–water partition coefficient (Wildman–Crippen LogP) is 0.298. The van der Waals surface area contributed by atoms with Crippen LogP contribution in [0, 0.1) is 0 Å². The summed E-state index contributed by atoms with van der Waals surface area (Å²) >= 11 is 5.08. The second-order valence-electron chi connectivity index (χ2n) is 3.96. The third kappa shape index (κ3) is 3.35. The number of hydrogen-bond acceptors (Lipinski definition) is 6. The number of anilines is 1. The number of hydrogen-bond donors (Lipinski definition) is 4. The summed E-state index contributed by atoms with van der Waals surface area (Å²) < 4.78 is 31.5. The summed E-state index contributed by atoms with van der Waals surface area (Å²) in [5, 5.41) is 7.90. The van der Waals surface area contributed by atoms with E-state index < -0.39 is 15.6 Å². The molecule has 0 saturated heterocycles. The lowest BCUT2D eigenvalue weighted by molar-refractivity contribution is 0.314. The average molecular weight is 315 g/mol. The van der Waals surface area contributed by atoms with Crippen LogP contribution in [-0.2, 0) is 10.1 Å². The molecule has 10 heteroatoms. The molecule has 20 heavy (non-hydrogen) atoms. The molecule has 1 aromatic carbocycles. The van der Waals surface area contributed by atoms with Crippen molar-refractivity contribution >= 4 is 39.0 Å². The summed E-state index contributed by atoms with van der Waals surface area (Å²) in [6, 6.07) is 9.12. The average Bonchev–Trinajstić information content (AvgIpc) is 2.72. The molecule has 1 aliphatic rings. The van der Waals surface area contributed by atoms with Crippen LogP contribution < -0.4 is 16.2 Å². The first-order valence-corrected chi connectivity index (χ1v) is 7.47. The van der Waals surface area contributed by atoms with Crippen molar-refractivity contribution in [2.45, 2.75) is 12.4 Å². The summed E-state index contributed by atoms with van der Waals surface area (Å²) in [4.78, 5) is 0. The molecule has 4 N–H and O–H groups in total. The number of thiocarbonyl (C=S) groups is 1. The highest BCUT2D eigenvalue weighted by molar-refractivity contribution is 7.86. The maximum Gasteiger partial charge on any atom is 0.309 e. The minimum absolute atomic E-state index is 0.170. The molecule has 8 nitrogen and oxygen atoms in total. The van der Waals surface area contributed by atoms with Crippen molar-refractivity contribution in [3.63, 3.8) is 0 Å². The van der Waals surface area contributed by atoms with Gasteiger partial charge in [-0.3, -0.25) is 15.4 Å².